The molecule has 0 saturated heterocycles. The molecule has 0 unspecified atom stereocenters. The van der Waals surface area contributed by atoms with Crippen LogP contribution in [0.3, 0.4) is 0 Å². The van der Waals surface area contributed by atoms with Gasteiger partial charge in [0.15, 0.2) is 0 Å². The Morgan fingerprint density at radius 3 is 2.17 bits per heavy atom. The van der Waals surface area contributed by atoms with Gasteiger partial charge in [0.1, 0.15) is 6.73 Å². The quantitative estimate of drug-likeness (QED) is 0.203. The molecule has 0 aromatic heterocycles. The Hall–Kier alpha value is -1.41. The Morgan fingerprint density at radius 1 is 0.967 bits per heavy atom. The lowest BCUT2D eigenvalue weighted by Gasteiger charge is -2.13. The van der Waals surface area contributed by atoms with Gasteiger partial charge < -0.3 is 9.08 Å². The molecule has 174 valence electrons. The van der Waals surface area contributed by atoms with E-state index in [9.17, 15) is 13.2 Å². The first-order valence-electron chi connectivity index (χ1n) is 11.5. The fourth-order valence-electron chi connectivity index (χ4n) is 3.17. The Kier molecular flexibility index (Phi) is 15.3. The molecule has 0 aromatic rings. The molecule has 30 heavy (non-hydrogen) atoms. The largest absolute Gasteiger partial charge is 0.453 e. The highest BCUT2D eigenvalue weighted by atomic mass is 32.3. The van der Waals surface area contributed by atoms with Crippen LogP contribution in [0.4, 0.5) is 0 Å². The highest BCUT2D eigenvalue weighted by Crippen LogP contribution is 2.11. The highest BCUT2D eigenvalue weighted by molar-refractivity contribution is 7.82. The Labute approximate surface area is 183 Å². The maximum absolute atomic E-state index is 11.7. The van der Waals surface area contributed by atoms with Gasteiger partial charge in [-0.05, 0) is 32.1 Å². The molecular weight excluding hydrogens is 404 g/mol. The SMILES string of the molecule is CCCCCCCCC=CCCCCCCCC(=O)OS(=O)(=O)OCN1C=NCC1. The van der Waals surface area contributed by atoms with E-state index in [1.54, 1.807) is 4.90 Å². The van der Waals surface area contributed by atoms with Crippen LogP contribution in [0, 0.1) is 0 Å². The molecule has 0 atom stereocenters. The molecule has 0 saturated carbocycles. The summed E-state index contributed by atoms with van der Waals surface area (Å²) in [5, 5.41) is 0. The molecule has 0 N–H and O–H groups in total. The van der Waals surface area contributed by atoms with Gasteiger partial charge in [0.25, 0.3) is 0 Å². The van der Waals surface area contributed by atoms with Crippen molar-refractivity contribution in [2.75, 3.05) is 19.8 Å². The number of carbonyl (C=O) groups is 1. The smallest absolute Gasteiger partial charge is 0.337 e. The van der Waals surface area contributed by atoms with E-state index in [4.69, 9.17) is 0 Å². The fourth-order valence-corrected chi connectivity index (χ4v) is 3.79. The van der Waals surface area contributed by atoms with Crippen LogP contribution in [0.15, 0.2) is 17.1 Å². The number of carbonyl (C=O) groups excluding carboxylic acids is 1. The second kappa shape index (κ2) is 17.3. The van der Waals surface area contributed by atoms with E-state index in [2.05, 4.69) is 32.4 Å². The lowest BCUT2D eigenvalue weighted by atomic mass is 10.1. The van der Waals surface area contributed by atoms with Crippen molar-refractivity contribution in [3.05, 3.63) is 12.2 Å². The van der Waals surface area contributed by atoms with E-state index < -0.39 is 16.4 Å². The second-order valence-electron chi connectivity index (χ2n) is 7.78. The molecule has 0 spiro atoms. The summed E-state index contributed by atoms with van der Waals surface area (Å²) >= 11 is 0. The third kappa shape index (κ3) is 15.4. The molecule has 0 amide bonds. The molecule has 8 heteroatoms. The Balaban J connectivity index is 1.90. The molecule has 0 aliphatic carbocycles. The topological polar surface area (TPSA) is 85.3 Å². The predicted octanol–water partition coefficient (Wildman–Crippen LogP) is 5.13. The summed E-state index contributed by atoms with van der Waals surface area (Å²) in [5.41, 5.74) is 0. The van der Waals surface area contributed by atoms with Gasteiger partial charge in [-0.2, -0.15) is 8.42 Å². The molecule has 0 fully saturated rings. The standard InChI is InChI=1S/C22H40N2O5S/c1-2-3-4-5-6-7-8-9-10-11-12-13-14-15-16-17-22(25)29-30(26,27)28-21-24-19-18-23-20-24/h9-10,20H,2-8,11-19,21H2,1H3. The van der Waals surface area contributed by atoms with Crippen LogP contribution in [-0.4, -0.2) is 45.4 Å². The molecule has 7 nitrogen and oxygen atoms in total. The van der Waals surface area contributed by atoms with Crippen molar-refractivity contribution < 1.29 is 21.6 Å². The third-order valence-corrected chi connectivity index (χ3v) is 5.75. The average Bonchev–Trinajstić information content (AvgIpc) is 3.23. The molecule has 1 aliphatic heterocycles. The van der Waals surface area contributed by atoms with Crippen LogP contribution < -0.4 is 0 Å². The van der Waals surface area contributed by atoms with Crippen LogP contribution in [0.5, 0.6) is 0 Å². The van der Waals surface area contributed by atoms with E-state index in [0.29, 0.717) is 19.5 Å². The van der Waals surface area contributed by atoms with Crippen molar-refractivity contribution in [2.45, 2.75) is 96.8 Å². The van der Waals surface area contributed by atoms with Gasteiger partial charge in [0.2, 0.25) is 0 Å². The lowest BCUT2D eigenvalue weighted by Crippen LogP contribution is -2.26. The summed E-state index contributed by atoms with van der Waals surface area (Å²) in [7, 11) is -4.30. The van der Waals surface area contributed by atoms with Crippen LogP contribution >= 0.6 is 0 Å². The van der Waals surface area contributed by atoms with Gasteiger partial charge in [-0.3, -0.25) is 9.79 Å². The number of rotatable bonds is 19. The second-order valence-corrected chi connectivity index (χ2v) is 9.00. The summed E-state index contributed by atoms with van der Waals surface area (Å²) in [5.74, 6) is -0.761. The zero-order valence-electron chi connectivity index (χ0n) is 18.6. The van der Waals surface area contributed by atoms with Crippen molar-refractivity contribution in [1.82, 2.24) is 4.90 Å². The predicted molar refractivity (Wildman–Crippen MR) is 120 cm³/mol. The minimum Gasteiger partial charge on any atom is -0.337 e. The van der Waals surface area contributed by atoms with Gasteiger partial charge >= 0.3 is 16.4 Å². The van der Waals surface area contributed by atoms with Crippen LogP contribution in [0.25, 0.3) is 0 Å². The summed E-state index contributed by atoms with van der Waals surface area (Å²) in [6.45, 7) is 3.26. The molecule has 1 aliphatic rings. The number of hydrogen-bond acceptors (Lipinski definition) is 7. The Bertz CT molecular complexity index is 605. The normalized spacial score (nSPS) is 14.1. The number of nitrogens with zero attached hydrogens (tertiary/aromatic N) is 2. The zero-order valence-corrected chi connectivity index (χ0v) is 19.4. The van der Waals surface area contributed by atoms with Crippen LogP contribution in [-0.2, 0) is 23.6 Å². The minimum absolute atomic E-state index is 0.0892. The maximum Gasteiger partial charge on any atom is 0.453 e. The minimum atomic E-state index is -4.30. The van der Waals surface area contributed by atoms with Gasteiger partial charge in [0, 0.05) is 13.0 Å². The fraction of sp³-hybridized carbons (Fsp3) is 0.818. The zero-order chi connectivity index (χ0) is 21.9. The molecule has 1 heterocycles. The van der Waals surface area contributed by atoms with E-state index in [1.807, 2.05) is 0 Å². The molecule has 0 aromatic carbocycles. The van der Waals surface area contributed by atoms with E-state index in [-0.39, 0.29) is 13.2 Å². The monoisotopic (exact) mass is 444 g/mol. The van der Waals surface area contributed by atoms with Crippen molar-refractivity contribution in [1.29, 1.82) is 0 Å². The summed E-state index contributed by atoms with van der Waals surface area (Å²) in [6, 6.07) is 0. The first kappa shape index (κ1) is 26.6. The van der Waals surface area contributed by atoms with E-state index >= 15 is 0 Å². The molecule has 0 bridgehead atoms. The van der Waals surface area contributed by atoms with Crippen molar-refractivity contribution in [3.63, 3.8) is 0 Å². The van der Waals surface area contributed by atoms with Crippen LogP contribution in [0.2, 0.25) is 0 Å². The number of unbranched alkanes of at least 4 members (excludes halogenated alkanes) is 11. The average molecular weight is 445 g/mol. The summed E-state index contributed by atoms with van der Waals surface area (Å²) < 4.78 is 32.3. The summed E-state index contributed by atoms with van der Waals surface area (Å²) in [4.78, 5) is 17.2. The Morgan fingerprint density at radius 2 is 1.57 bits per heavy atom. The molecular formula is C22H40N2O5S. The van der Waals surface area contributed by atoms with Crippen molar-refractivity contribution in [3.8, 4) is 0 Å². The first-order chi connectivity index (χ1) is 14.5. The van der Waals surface area contributed by atoms with Gasteiger partial charge in [0.05, 0.1) is 12.9 Å². The van der Waals surface area contributed by atoms with Gasteiger partial charge in [-0.25, -0.2) is 4.18 Å². The maximum atomic E-state index is 11.7. The van der Waals surface area contributed by atoms with Crippen molar-refractivity contribution in [2.24, 2.45) is 4.99 Å². The van der Waals surface area contributed by atoms with Gasteiger partial charge in [-0.1, -0.05) is 70.4 Å². The summed E-state index contributed by atoms with van der Waals surface area (Å²) in [6.07, 6.45) is 21.3. The van der Waals surface area contributed by atoms with Crippen molar-refractivity contribution >= 4 is 22.7 Å². The number of aliphatic imine (C=N–C) groups is 1. The number of hydrogen-bond donors (Lipinski definition) is 0. The van der Waals surface area contributed by atoms with E-state index in [1.165, 1.54) is 51.3 Å². The highest BCUT2D eigenvalue weighted by Gasteiger charge is 2.19. The van der Waals surface area contributed by atoms with Crippen LogP contribution in [0.1, 0.15) is 96.8 Å². The third-order valence-electron chi connectivity index (χ3n) is 4.96. The first-order valence-corrected chi connectivity index (χ1v) is 12.9. The molecule has 1 rings (SSSR count). The number of allylic oxidation sites excluding steroid dienone is 2. The van der Waals surface area contributed by atoms with E-state index in [0.717, 1.165) is 32.1 Å². The molecule has 0 radical (unpaired) electrons. The van der Waals surface area contributed by atoms with Gasteiger partial charge in [-0.15, -0.1) is 0 Å². The lowest BCUT2D eigenvalue weighted by molar-refractivity contribution is -0.134.